The second kappa shape index (κ2) is 14.2. The maximum atomic E-state index is 14.0. The van der Waals surface area contributed by atoms with Gasteiger partial charge in [-0.2, -0.15) is 0 Å². The van der Waals surface area contributed by atoms with Crippen molar-refractivity contribution in [3.63, 3.8) is 0 Å². The number of nitrogens with one attached hydrogen (secondary N) is 1. The van der Waals surface area contributed by atoms with E-state index in [0.717, 1.165) is 13.1 Å². The third kappa shape index (κ3) is 6.69. The number of ether oxygens (including phenoxy) is 2. The number of esters is 2. The van der Waals surface area contributed by atoms with Gasteiger partial charge in [0.1, 0.15) is 0 Å². The van der Waals surface area contributed by atoms with Gasteiger partial charge >= 0.3 is 11.9 Å². The maximum absolute atomic E-state index is 14.0. The van der Waals surface area contributed by atoms with Crippen LogP contribution in [-0.4, -0.2) is 61.3 Å². The lowest BCUT2D eigenvalue weighted by Crippen LogP contribution is -2.51. The minimum absolute atomic E-state index is 0.129. The molecule has 3 aromatic rings. The zero-order valence-electron chi connectivity index (χ0n) is 26.0. The van der Waals surface area contributed by atoms with Crippen LogP contribution in [0.2, 0.25) is 5.02 Å². The Balaban J connectivity index is 1.36. The number of benzene rings is 3. The number of nitrogens with zero attached hydrogens (tertiary/aromatic N) is 2. The van der Waals surface area contributed by atoms with Crippen molar-refractivity contribution in [3.8, 4) is 12.3 Å². The normalized spacial score (nSPS) is 18.3. The second-order valence-electron chi connectivity index (χ2n) is 11.3. The quantitative estimate of drug-likeness (QED) is 0.243. The molecule has 2 atom stereocenters. The number of hydrogen-bond donors (Lipinski definition) is 1. The van der Waals surface area contributed by atoms with Crippen LogP contribution in [0, 0.1) is 12.3 Å². The maximum Gasteiger partial charge on any atom is 0.338 e. The Kier molecular flexibility index (Phi) is 10.1. The number of piperazine rings is 1. The average molecular weight is 624 g/mol. The smallest absolute Gasteiger partial charge is 0.338 e. The Labute approximate surface area is 270 Å². The molecule has 1 fully saturated rings. The molecule has 8 heteroatoms. The molecule has 1 saturated heterocycles. The van der Waals surface area contributed by atoms with E-state index in [1.54, 1.807) is 32.0 Å². The standard InChI is InChI=1S/C37H38ClN3O4/c1-6-27-18-13-19-30(34(27)38)33-31(36(42)44-5)24(2)39-25(3)32(33)37(43)45-26(4)40-20-22-41(23-21-40)35(28-14-9-7-10-15-28)29-16-11-8-12-17-29/h1,7-19,26,33,35,39H,20-23H2,2-5H3. The number of halogens is 1. The second-order valence-corrected chi connectivity index (χ2v) is 11.7. The summed E-state index contributed by atoms with van der Waals surface area (Å²) in [4.78, 5) is 31.7. The number of carbonyl (C=O) groups is 2. The van der Waals surface area contributed by atoms with Crippen molar-refractivity contribution < 1.29 is 19.1 Å². The molecular formula is C37H38ClN3O4. The minimum atomic E-state index is -0.825. The van der Waals surface area contributed by atoms with E-state index >= 15 is 0 Å². The van der Waals surface area contributed by atoms with Crippen molar-refractivity contribution in [1.29, 1.82) is 0 Å². The lowest BCUT2D eigenvalue weighted by atomic mass is 9.80. The lowest BCUT2D eigenvalue weighted by molar-refractivity contribution is -0.155. The third-order valence-corrected chi connectivity index (χ3v) is 9.04. The first-order valence-electron chi connectivity index (χ1n) is 15.1. The summed E-state index contributed by atoms with van der Waals surface area (Å²) in [5.41, 5.74) is 5.20. The molecule has 0 aliphatic carbocycles. The molecule has 0 amide bonds. The van der Waals surface area contributed by atoms with Crippen molar-refractivity contribution in [1.82, 2.24) is 15.1 Å². The summed E-state index contributed by atoms with van der Waals surface area (Å²) in [7, 11) is 1.31. The summed E-state index contributed by atoms with van der Waals surface area (Å²) in [6.45, 7) is 8.46. The van der Waals surface area contributed by atoms with Gasteiger partial charge in [0.05, 0.1) is 35.2 Å². The Hall–Kier alpha value is -4.35. The highest BCUT2D eigenvalue weighted by Gasteiger charge is 2.40. The number of allylic oxidation sites excluding steroid dienone is 2. The van der Waals surface area contributed by atoms with E-state index in [-0.39, 0.29) is 17.2 Å². The number of carbonyl (C=O) groups excluding carboxylic acids is 2. The van der Waals surface area contributed by atoms with Crippen molar-refractivity contribution in [3.05, 3.63) is 129 Å². The van der Waals surface area contributed by atoms with E-state index in [4.69, 9.17) is 27.5 Å². The summed E-state index contributed by atoms with van der Waals surface area (Å²) in [5.74, 6) is 0.650. The first-order chi connectivity index (χ1) is 21.7. The fraction of sp³-hybridized carbons (Fsp3) is 0.297. The van der Waals surface area contributed by atoms with Crippen LogP contribution in [-0.2, 0) is 19.1 Å². The van der Waals surface area contributed by atoms with Crippen molar-refractivity contribution in [2.75, 3.05) is 33.3 Å². The summed E-state index contributed by atoms with van der Waals surface area (Å²) in [5, 5.41) is 3.48. The Bertz CT molecular complexity index is 1610. The van der Waals surface area contributed by atoms with Gasteiger partial charge in [0.15, 0.2) is 6.23 Å². The van der Waals surface area contributed by atoms with Gasteiger partial charge in [-0.1, -0.05) is 90.3 Å². The number of terminal acetylenes is 1. The van der Waals surface area contributed by atoms with Crippen LogP contribution in [0.15, 0.2) is 101 Å². The predicted molar refractivity (Wildman–Crippen MR) is 176 cm³/mol. The van der Waals surface area contributed by atoms with E-state index in [9.17, 15) is 9.59 Å². The van der Waals surface area contributed by atoms with Gasteiger partial charge < -0.3 is 14.8 Å². The van der Waals surface area contributed by atoms with Gasteiger partial charge in [-0.15, -0.1) is 6.42 Å². The van der Waals surface area contributed by atoms with Crippen LogP contribution in [0.4, 0.5) is 0 Å². The Morgan fingerprint density at radius 1 is 0.844 bits per heavy atom. The van der Waals surface area contributed by atoms with Crippen molar-refractivity contribution in [2.45, 2.75) is 39.0 Å². The Morgan fingerprint density at radius 2 is 1.38 bits per heavy atom. The molecular weight excluding hydrogens is 586 g/mol. The summed E-state index contributed by atoms with van der Waals surface area (Å²) in [6.07, 6.45) is 5.19. The van der Waals surface area contributed by atoms with Crippen LogP contribution in [0.25, 0.3) is 0 Å². The minimum Gasteiger partial charge on any atom is -0.466 e. The van der Waals surface area contributed by atoms with Gasteiger partial charge in [0.2, 0.25) is 0 Å². The fourth-order valence-corrected chi connectivity index (χ4v) is 6.67. The van der Waals surface area contributed by atoms with Gasteiger partial charge in [0, 0.05) is 43.1 Å². The van der Waals surface area contributed by atoms with E-state index in [0.29, 0.717) is 40.6 Å². The molecule has 0 radical (unpaired) electrons. The zero-order chi connectivity index (χ0) is 32.1. The molecule has 1 N–H and O–H groups in total. The summed E-state index contributed by atoms with van der Waals surface area (Å²) < 4.78 is 11.3. The largest absolute Gasteiger partial charge is 0.466 e. The predicted octanol–water partition coefficient (Wildman–Crippen LogP) is 6.03. The number of rotatable bonds is 8. The van der Waals surface area contributed by atoms with Gasteiger partial charge in [-0.05, 0) is 43.5 Å². The number of methoxy groups -OCH3 is 1. The van der Waals surface area contributed by atoms with Crippen LogP contribution in [0.3, 0.4) is 0 Å². The molecule has 232 valence electrons. The van der Waals surface area contributed by atoms with Crippen LogP contribution in [0.5, 0.6) is 0 Å². The molecule has 0 aromatic heterocycles. The molecule has 0 saturated carbocycles. The Morgan fingerprint density at radius 3 is 1.91 bits per heavy atom. The molecule has 45 heavy (non-hydrogen) atoms. The first-order valence-corrected chi connectivity index (χ1v) is 15.4. The first kappa shape index (κ1) is 32.1. The highest BCUT2D eigenvalue weighted by atomic mass is 35.5. The van der Waals surface area contributed by atoms with Crippen LogP contribution in [0.1, 0.15) is 55.0 Å². The van der Waals surface area contributed by atoms with E-state index < -0.39 is 24.1 Å². The van der Waals surface area contributed by atoms with Crippen LogP contribution < -0.4 is 5.32 Å². The summed E-state index contributed by atoms with van der Waals surface area (Å²) >= 11 is 6.75. The molecule has 2 unspecified atom stereocenters. The molecule has 2 aliphatic rings. The molecule has 3 aromatic carbocycles. The van der Waals surface area contributed by atoms with Crippen molar-refractivity contribution in [2.24, 2.45) is 0 Å². The number of dihydropyridines is 1. The monoisotopic (exact) mass is 623 g/mol. The topological polar surface area (TPSA) is 71.1 Å². The molecule has 2 aliphatic heterocycles. The van der Waals surface area contributed by atoms with Crippen molar-refractivity contribution >= 4 is 23.5 Å². The molecule has 7 nitrogen and oxygen atoms in total. The SMILES string of the molecule is C#Cc1cccc(C2C(C(=O)OC)=C(C)NC(C)=C2C(=O)OC(C)N2CCN(C(c3ccccc3)c3ccccc3)CC2)c1Cl. The lowest BCUT2D eigenvalue weighted by Gasteiger charge is -2.41. The van der Waals surface area contributed by atoms with Crippen LogP contribution >= 0.6 is 11.6 Å². The molecule has 5 rings (SSSR count). The van der Waals surface area contributed by atoms with E-state index in [1.165, 1.54) is 18.2 Å². The fourth-order valence-electron chi connectivity index (χ4n) is 6.38. The highest BCUT2D eigenvalue weighted by molar-refractivity contribution is 6.32. The van der Waals surface area contributed by atoms with Gasteiger partial charge in [-0.25, -0.2) is 9.59 Å². The highest BCUT2D eigenvalue weighted by Crippen LogP contribution is 2.43. The van der Waals surface area contributed by atoms with Gasteiger partial charge in [-0.3, -0.25) is 9.80 Å². The summed E-state index contributed by atoms with van der Waals surface area (Å²) in [6, 6.07) is 26.4. The van der Waals surface area contributed by atoms with E-state index in [1.807, 2.05) is 19.1 Å². The zero-order valence-corrected chi connectivity index (χ0v) is 26.8. The molecule has 0 bridgehead atoms. The number of hydrogen-bond acceptors (Lipinski definition) is 7. The average Bonchev–Trinajstić information content (AvgIpc) is 3.05. The van der Waals surface area contributed by atoms with Gasteiger partial charge in [0.25, 0.3) is 0 Å². The molecule has 0 spiro atoms. The van der Waals surface area contributed by atoms with E-state index in [2.05, 4.69) is 69.6 Å². The third-order valence-electron chi connectivity index (χ3n) is 8.62. The molecule has 2 heterocycles.